The summed E-state index contributed by atoms with van der Waals surface area (Å²) in [4.78, 5) is 27.0. The molecule has 0 spiro atoms. The van der Waals surface area contributed by atoms with Gasteiger partial charge in [-0.1, -0.05) is 30.3 Å². The van der Waals surface area contributed by atoms with Gasteiger partial charge in [-0.2, -0.15) is 0 Å². The fourth-order valence-electron chi connectivity index (χ4n) is 3.87. The maximum Gasteiger partial charge on any atom is 0.279 e. The molecule has 2 amide bonds. The van der Waals surface area contributed by atoms with Crippen LogP contribution >= 0.6 is 0 Å². The van der Waals surface area contributed by atoms with E-state index in [9.17, 15) is 9.59 Å². The van der Waals surface area contributed by atoms with E-state index in [4.69, 9.17) is 4.74 Å². The molecule has 4 N–H and O–H groups in total. The predicted molar refractivity (Wildman–Crippen MR) is 116 cm³/mol. The molecule has 1 heterocycles. The average Bonchev–Trinajstić information content (AvgIpc) is 3.15. The number of anilines is 1. The number of nitrogens with one attached hydrogen (secondary N) is 4. The van der Waals surface area contributed by atoms with Crippen LogP contribution in [0.5, 0.6) is 5.75 Å². The van der Waals surface area contributed by atoms with Crippen molar-refractivity contribution in [1.29, 1.82) is 0 Å². The molecule has 7 heteroatoms. The summed E-state index contributed by atoms with van der Waals surface area (Å²) in [5.74, 6) is 0.615. The molecule has 0 aromatic heterocycles. The van der Waals surface area contributed by atoms with Gasteiger partial charge in [-0.05, 0) is 24.3 Å². The lowest BCUT2D eigenvalue weighted by Gasteiger charge is -2.16. The Hall–Kier alpha value is -2.90. The van der Waals surface area contributed by atoms with E-state index in [1.54, 1.807) is 31.4 Å². The van der Waals surface area contributed by atoms with Crippen LogP contribution in [0, 0.1) is 0 Å². The van der Waals surface area contributed by atoms with Crippen molar-refractivity contribution in [3.63, 3.8) is 0 Å². The van der Waals surface area contributed by atoms with Crippen molar-refractivity contribution in [3.05, 3.63) is 60.2 Å². The molecule has 2 unspecified atom stereocenters. The first-order valence-corrected chi connectivity index (χ1v) is 10.4. The summed E-state index contributed by atoms with van der Waals surface area (Å²) < 4.78 is 5.11. The molecule has 1 aliphatic heterocycles. The second-order valence-corrected chi connectivity index (χ2v) is 8.01. The number of hydrogen-bond acceptors (Lipinski definition) is 3. The van der Waals surface area contributed by atoms with Crippen LogP contribution in [0.2, 0.25) is 0 Å². The first kappa shape index (κ1) is 21.8. The van der Waals surface area contributed by atoms with E-state index in [1.165, 1.54) is 10.5 Å². The Kier molecular flexibility index (Phi) is 7.82. The van der Waals surface area contributed by atoms with Gasteiger partial charge in [0.05, 0.1) is 33.3 Å². The van der Waals surface area contributed by atoms with Crippen molar-refractivity contribution in [1.82, 2.24) is 5.32 Å². The highest BCUT2D eigenvalue weighted by Crippen LogP contribution is 2.14. The monoisotopic (exact) mass is 412 g/mol. The Morgan fingerprint density at radius 2 is 1.77 bits per heavy atom. The summed E-state index contributed by atoms with van der Waals surface area (Å²) in [6.45, 7) is 3.50. The molecule has 3 atom stereocenters. The number of methoxy groups -OCH3 is 1. The van der Waals surface area contributed by atoms with Crippen LogP contribution in [0.25, 0.3) is 0 Å². The third-order valence-electron chi connectivity index (χ3n) is 5.34. The van der Waals surface area contributed by atoms with Crippen LogP contribution in [0.3, 0.4) is 0 Å². The molecule has 1 aliphatic rings. The number of amides is 2. The van der Waals surface area contributed by atoms with E-state index in [1.807, 2.05) is 13.1 Å². The third kappa shape index (κ3) is 6.86. The fraction of sp³-hybridized carbons (Fsp3) is 0.391. The second kappa shape index (κ2) is 10.8. The maximum absolute atomic E-state index is 12.4. The molecule has 2 aromatic carbocycles. The minimum Gasteiger partial charge on any atom is -0.497 e. The summed E-state index contributed by atoms with van der Waals surface area (Å²) >= 11 is 0. The van der Waals surface area contributed by atoms with Gasteiger partial charge in [0.2, 0.25) is 0 Å². The summed E-state index contributed by atoms with van der Waals surface area (Å²) in [6.07, 6.45) is 0.991. The van der Waals surface area contributed by atoms with Crippen molar-refractivity contribution in [2.75, 3.05) is 45.7 Å². The standard InChI is InChI=1S/C23H30N4O3/c1-26(16-22(28)24-19-8-10-21(30-2)11-9-19)17-23(29)25-20-12-13-27(15-20)14-18-6-4-3-5-7-18/h3-11,20H,12-17H2,1-2H3,(H,24,28)(H,25,29)/p+2/t20-/m0/s1. The smallest absolute Gasteiger partial charge is 0.279 e. The Labute approximate surface area is 178 Å². The lowest BCUT2D eigenvalue weighted by atomic mass is 10.2. The quantitative estimate of drug-likeness (QED) is 0.432. The molecule has 7 nitrogen and oxygen atoms in total. The predicted octanol–water partition coefficient (Wildman–Crippen LogP) is -0.878. The zero-order valence-corrected chi connectivity index (χ0v) is 17.7. The highest BCUT2D eigenvalue weighted by molar-refractivity contribution is 5.91. The first-order chi connectivity index (χ1) is 14.5. The van der Waals surface area contributed by atoms with Gasteiger partial charge >= 0.3 is 0 Å². The molecule has 3 rings (SSSR count). The van der Waals surface area contributed by atoms with Crippen LogP contribution in [0.15, 0.2) is 54.6 Å². The fourth-order valence-corrected chi connectivity index (χ4v) is 3.87. The van der Waals surface area contributed by atoms with Crippen LogP contribution in [0.4, 0.5) is 5.69 Å². The van der Waals surface area contributed by atoms with E-state index in [0.717, 1.165) is 36.7 Å². The molecule has 0 radical (unpaired) electrons. The van der Waals surface area contributed by atoms with E-state index < -0.39 is 0 Å². The van der Waals surface area contributed by atoms with E-state index >= 15 is 0 Å². The lowest BCUT2D eigenvalue weighted by molar-refractivity contribution is -0.901. The van der Waals surface area contributed by atoms with Crippen molar-refractivity contribution >= 4 is 17.5 Å². The topological polar surface area (TPSA) is 76.3 Å². The Balaban J connectivity index is 1.36. The Morgan fingerprint density at radius 3 is 2.47 bits per heavy atom. The summed E-state index contributed by atoms with van der Waals surface area (Å²) in [5, 5.41) is 5.98. The number of likely N-dealkylation sites (N-methyl/N-ethyl adjacent to an activating group) is 1. The number of likely N-dealkylation sites (tertiary alicyclic amines) is 1. The van der Waals surface area contributed by atoms with Crippen LogP contribution in [0.1, 0.15) is 12.0 Å². The lowest BCUT2D eigenvalue weighted by Crippen LogP contribution is -3.11. The normalized spacial score (nSPS) is 19.1. The van der Waals surface area contributed by atoms with E-state index in [0.29, 0.717) is 5.69 Å². The zero-order chi connectivity index (χ0) is 21.3. The van der Waals surface area contributed by atoms with Gasteiger partial charge in [0.1, 0.15) is 12.3 Å². The molecule has 1 fully saturated rings. The van der Waals surface area contributed by atoms with Gasteiger partial charge in [-0.25, -0.2) is 0 Å². The van der Waals surface area contributed by atoms with Gasteiger partial charge in [-0.15, -0.1) is 0 Å². The molecule has 0 saturated carbocycles. The maximum atomic E-state index is 12.4. The number of ether oxygens (including phenoxy) is 1. The number of benzene rings is 2. The van der Waals surface area contributed by atoms with Crippen LogP contribution in [-0.2, 0) is 16.1 Å². The number of carbonyl (C=O) groups excluding carboxylic acids is 2. The highest BCUT2D eigenvalue weighted by Gasteiger charge is 2.28. The van der Waals surface area contributed by atoms with Gasteiger partial charge in [0, 0.05) is 17.7 Å². The van der Waals surface area contributed by atoms with Crippen molar-refractivity contribution in [3.8, 4) is 5.75 Å². The highest BCUT2D eigenvalue weighted by atomic mass is 16.5. The molecule has 1 saturated heterocycles. The second-order valence-electron chi connectivity index (χ2n) is 8.01. The number of hydrogen-bond donors (Lipinski definition) is 4. The Morgan fingerprint density at radius 1 is 1.07 bits per heavy atom. The molecule has 160 valence electrons. The molecule has 0 aliphatic carbocycles. The van der Waals surface area contributed by atoms with Crippen molar-refractivity contribution < 1.29 is 24.1 Å². The van der Waals surface area contributed by atoms with Crippen LogP contribution in [-0.4, -0.2) is 58.2 Å². The van der Waals surface area contributed by atoms with Crippen molar-refractivity contribution in [2.24, 2.45) is 0 Å². The average molecular weight is 413 g/mol. The largest absolute Gasteiger partial charge is 0.497 e. The minimum atomic E-state index is -0.121. The molecular weight excluding hydrogens is 380 g/mol. The summed E-state index contributed by atoms with van der Waals surface area (Å²) in [5.41, 5.74) is 2.04. The molecular formula is C23H32N4O3+2. The Bertz CT molecular complexity index is 826. The molecule has 30 heavy (non-hydrogen) atoms. The molecule has 2 aromatic rings. The molecule has 0 bridgehead atoms. The van der Waals surface area contributed by atoms with Crippen LogP contribution < -0.4 is 25.2 Å². The van der Waals surface area contributed by atoms with E-state index in [2.05, 4.69) is 34.9 Å². The summed E-state index contributed by atoms with van der Waals surface area (Å²) in [7, 11) is 3.46. The van der Waals surface area contributed by atoms with Gasteiger partial charge < -0.3 is 25.2 Å². The SMILES string of the molecule is COc1ccc(NC(=O)C[NH+](C)CC(=O)N[C@H]2CC[NH+](Cc3ccccc3)C2)cc1. The van der Waals surface area contributed by atoms with Gasteiger partial charge in [0.15, 0.2) is 13.1 Å². The van der Waals surface area contributed by atoms with Crippen molar-refractivity contribution in [2.45, 2.75) is 19.0 Å². The summed E-state index contributed by atoms with van der Waals surface area (Å²) in [6, 6.07) is 17.8. The van der Waals surface area contributed by atoms with E-state index in [-0.39, 0.29) is 30.9 Å². The number of rotatable bonds is 9. The third-order valence-corrected chi connectivity index (χ3v) is 5.34. The van der Waals surface area contributed by atoms with Gasteiger partial charge in [0.25, 0.3) is 11.8 Å². The first-order valence-electron chi connectivity index (χ1n) is 10.4. The number of carbonyl (C=O) groups is 2. The van der Waals surface area contributed by atoms with Gasteiger partial charge in [-0.3, -0.25) is 9.59 Å². The minimum absolute atomic E-state index is 0.00397. The zero-order valence-electron chi connectivity index (χ0n) is 17.7. The number of quaternary nitrogens is 2.